The van der Waals surface area contributed by atoms with Gasteiger partial charge in [-0.2, -0.15) is 5.26 Å². The van der Waals surface area contributed by atoms with Gasteiger partial charge in [0.15, 0.2) is 0 Å². The Morgan fingerprint density at radius 2 is 2.10 bits per heavy atom. The number of rotatable bonds is 5. The van der Waals surface area contributed by atoms with Crippen LogP contribution < -0.4 is 4.74 Å². The highest BCUT2D eigenvalue weighted by molar-refractivity contribution is 5.44. The summed E-state index contributed by atoms with van der Waals surface area (Å²) in [5, 5.41) is 9.21. The topological polar surface area (TPSA) is 58.8 Å². The molecule has 2 heterocycles. The Hall–Kier alpha value is -2.41. The Labute approximate surface area is 124 Å². The summed E-state index contributed by atoms with van der Waals surface area (Å²) in [6, 6.07) is 8.14. The van der Waals surface area contributed by atoms with Crippen LogP contribution in [-0.2, 0) is 19.3 Å². The lowest BCUT2D eigenvalue weighted by atomic mass is 10.1. The Morgan fingerprint density at radius 1 is 1.24 bits per heavy atom. The van der Waals surface area contributed by atoms with Gasteiger partial charge in [-0.1, -0.05) is 0 Å². The number of pyridine rings is 2. The van der Waals surface area contributed by atoms with Crippen molar-refractivity contribution in [1.29, 1.82) is 5.26 Å². The summed E-state index contributed by atoms with van der Waals surface area (Å²) in [6.45, 7) is 0.572. The van der Waals surface area contributed by atoms with E-state index in [9.17, 15) is 5.26 Å². The van der Waals surface area contributed by atoms with Crippen molar-refractivity contribution in [2.75, 3.05) is 6.61 Å². The van der Waals surface area contributed by atoms with E-state index >= 15 is 0 Å². The fourth-order valence-corrected chi connectivity index (χ4v) is 2.64. The van der Waals surface area contributed by atoms with Gasteiger partial charge in [-0.15, -0.1) is 0 Å². The molecule has 0 saturated carbocycles. The molecule has 0 aliphatic heterocycles. The van der Waals surface area contributed by atoms with Crippen molar-refractivity contribution < 1.29 is 4.74 Å². The Kier molecular flexibility index (Phi) is 4.11. The molecular formula is C17H17N3O. The van der Waals surface area contributed by atoms with Crippen LogP contribution in [0.1, 0.15) is 35.2 Å². The van der Waals surface area contributed by atoms with Crippen LogP contribution >= 0.6 is 0 Å². The van der Waals surface area contributed by atoms with Crippen molar-refractivity contribution in [3.8, 4) is 11.9 Å². The van der Waals surface area contributed by atoms with Gasteiger partial charge >= 0.3 is 0 Å². The van der Waals surface area contributed by atoms with Gasteiger partial charge < -0.3 is 4.74 Å². The Balaban J connectivity index is 1.59. The molecule has 106 valence electrons. The second-order valence-electron chi connectivity index (χ2n) is 5.22. The first-order chi connectivity index (χ1) is 10.4. The maximum atomic E-state index is 9.21. The van der Waals surface area contributed by atoms with Crippen LogP contribution in [0, 0.1) is 11.3 Å². The second kappa shape index (κ2) is 6.36. The molecule has 1 aliphatic carbocycles. The normalized spacial score (nSPS) is 12.7. The molecule has 0 radical (unpaired) electrons. The molecule has 0 atom stereocenters. The van der Waals surface area contributed by atoms with Crippen LogP contribution in [0.5, 0.6) is 5.88 Å². The summed E-state index contributed by atoms with van der Waals surface area (Å²) < 4.78 is 5.73. The van der Waals surface area contributed by atoms with E-state index in [4.69, 9.17) is 4.74 Å². The largest absolute Gasteiger partial charge is 0.477 e. The highest BCUT2D eigenvalue weighted by Gasteiger charge is 2.17. The van der Waals surface area contributed by atoms with Gasteiger partial charge in [-0.25, -0.2) is 4.98 Å². The first-order valence-electron chi connectivity index (χ1n) is 7.31. The zero-order valence-electron chi connectivity index (χ0n) is 11.9. The number of nitriles is 1. The van der Waals surface area contributed by atoms with Gasteiger partial charge in [0.25, 0.3) is 0 Å². The molecule has 0 aromatic carbocycles. The first-order valence-corrected chi connectivity index (χ1v) is 7.31. The molecule has 2 aromatic rings. The van der Waals surface area contributed by atoms with E-state index in [0.717, 1.165) is 37.8 Å². The fraction of sp³-hybridized carbons (Fsp3) is 0.353. The van der Waals surface area contributed by atoms with E-state index in [1.54, 1.807) is 12.4 Å². The van der Waals surface area contributed by atoms with Gasteiger partial charge in [-0.3, -0.25) is 4.98 Å². The summed E-state index contributed by atoms with van der Waals surface area (Å²) in [7, 11) is 0. The highest BCUT2D eigenvalue weighted by Crippen LogP contribution is 2.26. The minimum absolute atomic E-state index is 0.493. The maximum Gasteiger partial charge on any atom is 0.231 e. The van der Waals surface area contributed by atoms with E-state index in [0.29, 0.717) is 18.1 Å². The van der Waals surface area contributed by atoms with Crippen LogP contribution in [0.2, 0.25) is 0 Å². The van der Waals surface area contributed by atoms with E-state index in [2.05, 4.69) is 16.0 Å². The van der Waals surface area contributed by atoms with Crippen LogP contribution in [0.4, 0.5) is 0 Å². The fourth-order valence-electron chi connectivity index (χ4n) is 2.64. The minimum atomic E-state index is 0.493. The number of hydrogen-bond acceptors (Lipinski definition) is 4. The summed E-state index contributed by atoms with van der Waals surface area (Å²) >= 11 is 0. The molecule has 0 N–H and O–H groups in total. The lowest BCUT2D eigenvalue weighted by Gasteiger charge is -2.09. The standard InChI is InChI=1S/C17H17N3O/c18-12-15-11-14-4-1-5-16(14)20-17(15)21-10-2-3-13-6-8-19-9-7-13/h6-9,11H,1-5,10H2. The van der Waals surface area contributed by atoms with E-state index in [-0.39, 0.29) is 0 Å². The van der Waals surface area contributed by atoms with Crippen molar-refractivity contribution in [2.24, 2.45) is 0 Å². The Bertz CT molecular complexity index is 662. The molecule has 0 unspecified atom stereocenters. The van der Waals surface area contributed by atoms with Crippen molar-refractivity contribution in [1.82, 2.24) is 9.97 Å². The molecule has 0 amide bonds. The van der Waals surface area contributed by atoms with Crippen LogP contribution in [0.3, 0.4) is 0 Å². The third-order valence-electron chi connectivity index (χ3n) is 3.73. The van der Waals surface area contributed by atoms with E-state index in [1.807, 2.05) is 18.2 Å². The van der Waals surface area contributed by atoms with Crippen molar-refractivity contribution in [2.45, 2.75) is 32.1 Å². The number of ether oxygens (including phenoxy) is 1. The number of aryl methyl sites for hydroxylation is 3. The molecule has 1 aliphatic rings. The highest BCUT2D eigenvalue weighted by atomic mass is 16.5. The van der Waals surface area contributed by atoms with Crippen molar-refractivity contribution >= 4 is 0 Å². The molecule has 0 saturated heterocycles. The van der Waals surface area contributed by atoms with Crippen molar-refractivity contribution in [3.05, 3.63) is 53.0 Å². The zero-order chi connectivity index (χ0) is 14.5. The van der Waals surface area contributed by atoms with Crippen LogP contribution in [0.15, 0.2) is 30.6 Å². The summed E-state index contributed by atoms with van der Waals surface area (Å²) in [5.41, 5.74) is 4.10. The third kappa shape index (κ3) is 3.19. The number of hydrogen-bond donors (Lipinski definition) is 0. The van der Waals surface area contributed by atoms with Gasteiger partial charge in [0, 0.05) is 18.1 Å². The van der Waals surface area contributed by atoms with Gasteiger partial charge in [0.2, 0.25) is 5.88 Å². The number of fused-ring (bicyclic) bond motifs is 1. The molecule has 3 rings (SSSR count). The molecule has 21 heavy (non-hydrogen) atoms. The average Bonchev–Trinajstić information content (AvgIpc) is 2.99. The van der Waals surface area contributed by atoms with E-state index < -0.39 is 0 Å². The molecule has 4 heteroatoms. The van der Waals surface area contributed by atoms with E-state index in [1.165, 1.54) is 11.1 Å². The van der Waals surface area contributed by atoms with Gasteiger partial charge in [-0.05, 0) is 61.4 Å². The average molecular weight is 279 g/mol. The lowest BCUT2D eigenvalue weighted by Crippen LogP contribution is -2.04. The smallest absolute Gasteiger partial charge is 0.231 e. The molecule has 0 bridgehead atoms. The maximum absolute atomic E-state index is 9.21. The predicted molar refractivity (Wildman–Crippen MR) is 79.0 cm³/mol. The molecule has 2 aromatic heterocycles. The Morgan fingerprint density at radius 3 is 2.90 bits per heavy atom. The second-order valence-corrected chi connectivity index (χ2v) is 5.22. The minimum Gasteiger partial charge on any atom is -0.477 e. The lowest BCUT2D eigenvalue weighted by molar-refractivity contribution is 0.297. The predicted octanol–water partition coefficient (Wildman–Crippen LogP) is 2.85. The molecular weight excluding hydrogens is 262 g/mol. The van der Waals surface area contributed by atoms with Crippen LogP contribution in [-0.4, -0.2) is 16.6 Å². The van der Waals surface area contributed by atoms with Crippen molar-refractivity contribution in [3.63, 3.8) is 0 Å². The molecule has 0 fully saturated rings. The zero-order valence-corrected chi connectivity index (χ0v) is 11.9. The number of nitrogens with zero attached hydrogens (tertiary/aromatic N) is 3. The van der Waals surface area contributed by atoms with Gasteiger partial charge in [0.1, 0.15) is 11.6 Å². The number of aromatic nitrogens is 2. The van der Waals surface area contributed by atoms with Gasteiger partial charge in [0.05, 0.1) is 6.61 Å². The summed E-state index contributed by atoms with van der Waals surface area (Å²) in [4.78, 5) is 8.51. The molecule has 4 nitrogen and oxygen atoms in total. The monoisotopic (exact) mass is 279 g/mol. The quantitative estimate of drug-likeness (QED) is 0.790. The SMILES string of the molecule is N#Cc1cc2c(nc1OCCCc1ccncc1)CCC2. The summed E-state index contributed by atoms with van der Waals surface area (Å²) in [5.74, 6) is 0.493. The third-order valence-corrected chi connectivity index (χ3v) is 3.73. The molecule has 0 spiro atoms. The summed E-state index contributed by atoms with van der Waals surface area (Å²) in [6.07, 6.45) is 8.58. The first kappa shape index (κ1) is 13.6. The van der Waals surface area contributed by atoms with Crippen LogP contribution in [0.25, 0.3) is 0 Å².